The van der Waals surface area contributed by atoms with Crippen molar-refractivity contribution in [2.75, 3.05) is 20.2 Å². The number of nitrogens with zero attached hydrogens (tertiary/aromatic N) is 1. The Morgan fingerprint density at radius 3 is 2.75 bits per heavy atom. The zero-order chi connectivity index (χ0) is 14.4. The first-order valence-corrected chi connectivity index (χ1v) is 6.72. The van der Waals surface area contributed by atoms with Crippen LogP contribution in [0.15, 0.2) is 30.3 Å². The van der Waals surface area contributed by atoms with Crippen LogP contribution in [0.1, 0.15) is 18.4 Å². The molecule has 108 valence electrons. The average molecular weight is 277 g/mol. The summed E-state index contributed by atoms with van der Waals surface area (Å²) in [6.07, 6.45) is 1.62. The molecule has 0 aromatic heterocycles. The van der Waals surface area contributed by atoms with Crippen LogP contribution in [0.3, 0.4) is 0 Å². The van der Waals surface area contributed by atoms with Crippen molar-refractivity contribution >= 4 is 11.9 Å². The minimum absolute atomic E-state index is 0.140. The number of esters is 2. The molecular weight excluding hydrogens is 258 g/mol. The van der Waals surface area contributed by atoms with Crippen molar-refractivity contribution in [3.05, 3.63) is 35.9 Å². The summed E-state index contributed by atoms with van der Waals surface area (Å²) in [6.45, 7) is 1.13. The number of carbonyl (C=O) groups excluding carboxylic acids is 2. The van der Waals surface area contributed by atoms with Gasteiger partial charge in [0.15, 0.2) is 0 Å². The van der Waals surface area contributed by atoms with Crippen molar-refractivity contribution in [2.24, 2.45) is 0 Å². The van der Waals surface area contributed by atoms with E-state index in [2.05, 4.69) is 4.74 Å². The van der Waals surface area contributed by atoms with Crippen LogP contribution in [0.4, 0.5) is 0 Å². The maximum absolute atomic E-state index is 12.1. The van der Waals surface area contributed by atoms with Crippen molar-refractivity contribution in [3.63, 3.8) is 0 Å². The van der Waals surface area contributed by atoms with E-state index in [0.717, 1.165) is 24.9 Å². The van der Waals surface area contributed by atoms with Crippen LogP contribution in [-0.4, -0.2) is 43.1 Å². The molecule has 5 nitrogen and oxygen atoms in total. The van der Waals surface area contributed by atoms with Gasteiger partial charge in [0.25, 0.3) is 0 Å². The fourth-order valence-electron chi connectivity index (χ4n) is 2.34. The van der Waals surface area contributed by atoms with E-state index in [1.54, 1.807) is 0 Å². The summed E-state index contributed by atoms with van der Waals surface area (Å²) in [4.78, 5) is 25.2. The Morgan fingerprint density at radius 1 is 1.30 bits per heavy atom. The molecule has 0 saturated carbocycles. The molecular formula is C15H19NO4. The average Bonchev–Trinajstić information content (AvgIpc) is 2.94. The fourth-order valence-corrected chi connectivity index (χ4v) is 2.34. The van der Waals surface area contributed by atoms with Gasteiger partial charge in [-0.25, -0.2) is 0 Å². The molecule has 2 rings (SSSR count). The highest BCUT2D eigenvalue weighted by molar-refractivity contribution is 5.78. The normalized spacial score (nSPS) is 18.8. The first-order chi connectivity index (χ1) is 9.70. The molecule has 1 atom stereocenters. The van der Waals surface area contributed by atoms with Gasteiger partial charge in [0, 0.05) is 0 Å². The highest BCUT2D eigenvalue weighted by atomic mass is 16.5. The minimum atomic E-state index is -0.335. The van der Waals surface area contributed by atoms with Crippen LogP contribution in [0.2, 0.25) is 0 Å². The molecule has 0 amide bonds. The van der Waals surface area contributed by atoms with Crippen LogP contribution < -0.4 is 0 Å². The van der Waals surface area contributed by atoms with E-state index in [1.165, 1.54) is 7.11 Å². The smallest absolute Gasteiger partial charge is 0.323 e. The quantitative estimate of drug-likeness (QED) is 0.761. The highest BCUT2D eigenvalue weighted by Gasteiger charge is 2.33. The number of hydrogen-bond donors (Lipinski definition) is 0. The molecule has 0 N–H and O–H groups in total. The number of methoxy groups -OCH3 is 1. The monoisotopic (exact) mass is 277 g/mol. The standard InChI is InChI=1S/C15H19NO4/c1-19-14(17)10-16-9-5-8-13(16)15(18)20-11-12-6-3-2-4-7-12/h2-4,6-7,13H,5,8-11H2,1H3. The van der Waals surface area contributed by atoms with Gasteiger partial charge < -0.3 is 9.47 Å². The van der Waals surface area contributed by atoms with Gasteiger partial charge in [-0.15, -0.1) is 0 Å². The Labute approximate surface area is 118 Å². The topological polar surface area (TPSA) is 55.8 Å². The van der Waals surface area contributed by atoms with Gasteiger partial charge >= 0.3 is 11.9 Å². The van der Waals surface area contributed by atoms with E-state index in [4.69, 9.17) is 4.74 Å². The maximum atomic E-state index is 12.1. The predicted octanol–water partition coefficient (Wildman–Crippen LogP) is 1.37. The molecule has 20 heavy (non-hydrogen) atoms. The van der Waals surface area contributed by atoms with Crippen LogP contribution in [0, 0.1) is 0 Å². The van der Waals surface area contributed by atoms with Gasteiger partial charge in [-0.2, -0.15) is 0 Å². The van der Waals surface area contributed by atoms with Gasteiger partial charge in [-0.05, 0) is 24.9 Å². The molecule has 1 unspecified atom stereocenters. The number of carbonyl (C=O) groups is 2. The molecule has 1 aliphatic heterocycles. The summed E-state index contributed by atoms with van der Waals surface area (Å²) < 4.78 is 9.96. The predicted molar refractivity (Wildman–Crippen MR) is 72.8 cm³/mol. The lowest BCUT2D eigenvalue weighted by molar-refractivity contribution is -0.152. The highest BCUT2D eigenvalue weighted by Crippen LogP contribution is 2.18. The zero-order valence-electron chi connectivity index (χ0n) is 11.6. The molecule has 1 fully saturated rings. The molecule has 0 spiro atoms. The van der Waals surface area contributed by atoms with E-state index in [1.807, 2.05) is 35.2 Å². The summed E-state index contributed by atoms with van der Waals surface area (Å²) in [6, 6.07) is 9.21. The number of hydrogen-bond acceptors (Lipinski definition) is 5. The molecule has 5 heteroatoms. The van der Waals surface area contributed by atoms with Crippen LogP contribution in [0.25, 0.3) is 0 Å². The number of ether oxygens (including phenoxy) is 2. The summed E-state index contributed by atoms with van der Waals surface area (Å²) >= 11 is 0. The van der Waals surface area contributed by atoms with Crippen LogP contribution >= 0.6 is 0 Å². The first kappa shape index (κ1) is 14.5. The first-order valence-electron chi connectivity index (χ1n) is 6.72. The molecule has 0 aliphatic carbocycles. The van der Waals surface area contributed by atoms with Gasteiger partial charge in [-0.3, -0.25) is 14.5 Å². The van der Waals surface area contributed by atoms with Crippen molar-refractivity contribution in [2.45, 2.75) is 25.5 Å². The third-order valence-corrected chi connectivity index (χ3v) is 3.42. The van der Waals surface area contributed by atoms with Gasteiger partial charge in [-0.1, -0.05) is 30.3 Å². The molecule has 1 aromatic carbocycles. The SMILES string of the molecule is COC(=O)CN1CCCC1C(=O)OCc1ccccc1. The van der Waals surface area contributed by atoms with E-state index in [9.17, 15) is 9.59 Å². The molecule has 0 radical (unpaired) electrons. The molecule has 1 saturated heterocycles. The lowest BCUT2D eigenvalue weighted by atomic mass is 10.2. The number of rotatable bonds is 5. The van der Waals surface area contributed by atoms with E-state index in [-0.39, 0.29) is 31.1 Å². The minimum Gasteiger partial charge on any atom is -0.468 e. The second-order valence-corrected chi connectivity index (χ2v) is 4.80. The molecule has 1 aliphatic rings. The number of benzene rings is 1. The van der Waals surface area contributed by atoms with E-state index >= 15 is 0 Å². The maximum Gasteiger partial charge on any atom is 0.323 e. The Morgan fingerprint density at radius 2 is 2.05 bits per heavy atom. The molecule has 0 bridgehead atoms. The Kier molecular flexibility index (Phi) is 5.12. The van der Waals surface area contributed by atoms with Crippen molar-refractivity contribution in [1.82, 2.24) is 4.90 Å². The van der Waals surface area contributed by atoms with Crippen LogP contribution in [0.5, 0.6) is 0 Å². The second kappa shape index (κ2) is 7.05. The largest absolute Gasteiger partial charge is 0.468 e. The zero-order valence-corrected chi connectivity index (χ0v) is 11.6. The van der Waals surface area contributed by atoms with Gasteiger partial charge in [0.1, 0.15) is 12.6 Å². The molecule has 1 aromatic rings. The van der Waals surface area contributed by atoms with Crippen LogP contribution in [-0.2, 0) is 25.7 Å². The van der Waals surface area contributed by atoms with Gasteiger partial charge in [0.2, 0.25) is 0 Å². The Balaban J connectivity index is 1.86. The fraction of sp³-hybridized carbons (Fsp3) is 0.467. The summed E-state index contributed by atoms with van der Waals surface area (Å²) in [5.74, 6) is -0.594. The van der Waals surface area contributed by atoms with Crippen molar-refractivity contribution < 1.29 is 19.1 Å². The Hall–Kier alpha value is -1.88. The number of likely N-dealkylation sites (tertiary alicyclic amines) is 1. The summed E-state index contributed by atoms with van der Waals surface area (Å²) in [5.41, 5.74) is 0.957. The summed E-state index contributed by atoms with van der Waals surface area (Å²) in [7, 11) is 1.35. The van der Waals surface area contributed by atoms with E-state index in [0.29, 0.717) is 0 Å². The lowest BCUT2D eigenvalue weighted by Crippen LogP contribution is -2.40. The van der Waals surface area contributed by atoms with E-state index < -0.39 is 0 Å². The van der Waals surface area contributed by atoms with Crippen molar-refractivity contribution in [3.8, 4) is 0 Å². The second-order valence-electron chi connectivity index (χ2n) is 4.80. The lowest BCUT2D eigenvalue weighted by Gasteiger charge is -2.21. The third kappa shape index (κ3) is 3.81. The van der Waals surface area contributed by atoms with Gasteiger partial charge in [0.05, 0.1) is 13.7 Å². The third-order valence-electron chi connectivity index (χ3n) is 3.42. The summed E-state index contributed by atoms with van der Waals surface area (Å²) in [5, 5.41) is 0. The molecule has 1 heterocycles. The Bertz CT molecular complexity index is 460. The van der Waals surface area contributed by atoms with Crippen molar-refractivity contribution in [1.29, 1.82) is 0 Å².